The number of benzene rings is 1. The molecular formula is C15H22N2O3S. The first-order valence-corrected chi connectivity index (χ1v) is 9.06. The quantitative estimate of drug-likeness (QED) is 0.890. The summed E-state index contributed by atoms with van der Waals surface area (Å²) in [6, 6.07) is 9.20. The van der Waals surface area contributed by atoms with Crippen LogP contribution < -0.4 is 10.6 Å². The number of sulfone groups is 1. The van der Waals surface area contributed by atoms with Gasteiger partial charge in [-0.25, -0.2) is 8.42 Å². The van der Waals surface area contributed by atoms with Gasteiger partial charge in [0.05, 0.1) is 5.75 Å². The summed E-state index contributed by atoms with van der Waals surface area (Å²) in [5.74, 6) is -0.197. The summed E-state index contributed by atoms with van der Waals surface area (Å²) in [7, 11) is -3.32. The van der Waals surface area contributed by atoms with Crippen LogP contribution in [0.25, 0.3) is 0 Å². The summed E-state index contributed by atoms with van der Waals surface area (Å²) in [6.45, 7) is 0.916. The Bertz CT molecular complexity index is 572. The molecule has 6 heteroatoms. The van der Waals surface area contributed by atoms with Crippen LogP contribution in [0.2, 0.25) is 0 Å². The maximum Gasteiger partial charge on any atom is 0.245 e. The molecule has 1 unspecified atom stereocenters. The van der Waals surface area contributed by atoms with Crippen molar-refractivity contribution in [3.63, 3.8) is 0 Å². The lowest BCUT2D eigenvalue weighted by molar-refractivity contribution is -0.118. The van der Waals surface area contributed by atoms with Gasteiger partial charge in [0.1, 0.15) is 5.25 Å². The molecule has 0 saturated carbocycles. The highest BCUT2D eigenvalue weighted by Crippen LogP contribution is 2.24. The first kappa shape index (κ1) is 16.0. The van der Waals surface area contributed by atoms with E-state index in [0.717, 1.165) is 12.1 Å². The third-order valence-corrected chi connectivity index (χ3v) is 5.94. The third-order valence-electron chi connectivity index (χ3n) is 3.77. The van der Waals surface area contributed by atoms with Crippen LogP contribution in [0.1, 0.15) is 25.7 Å². The van der Waals surface area contributed by atoms with Gasteiger partial charge in [-0.3, -0.25) is 4.79 Å². The molecule has 0 bridgehead atoms. The Morgan fingerprint density at radius 2 is 1.95 bits per heavy atom. The molecule has 2 N–H and O–H groups in total. The van der Waals surface area contributed by atoms with Gasteiger partial charge in [-0.15, -0.1) is 0 Å². The lowest BCUT2D eigenvalue weighted by atomic mass is 10.1. The SMILES string of the molecule is NCCCN(C(=O)C1CCCCS1(=O)=O)c1ccccc1. The number of nitrogens with zero attached hydrogens (tertiary/aromatic N) is 1. The number of hydrogen-bond acceptors (Lipinski definition) is 4. The molecule has 1 aliphatic heterocycles. The van der Waals surface area contributed by atoms with Crippen LogP contribution >= 0.6 is 0 Å². The van der Waals surface area contributed by atoms with Crippen molar-refractivity contribution >= 4 is 21.4 Å². The van der Waals surface area contributed by atoms with Crippen molar-refractivity contribution in [2.45, 2.75) is 30.9 Å². The lowest BCUT2D eigenvalue weighted by Gasteiger charge is -2.29. The Kier molecular flexibility index (Phi) is 5.36. The van der Waals surface area contributed by atoms with Crippen molar-refractivity contribution in [2.75, 3.05) is 23.7 Å². The van der Waals surface area contributed by atoms with Crippen LogP contribution in [0.3, 0.4) is 0 Å². The maximum atomic E-state index is 12.7. The summed E-state index contributed by atoms with van der Waals surface area (Å²) in [4.78, 5) is 14.3. The van der Waals surface area contributed by atoms with E-state index in [1.807, 2.05) is 30.3 Å². The molecule has 1 heterocycles. The highest BCUT2D eigenvalue weighted by atomic mass is 32.2. The summed E-state index contributed by atoms with van der Waals surface area (Å²) < 4.78 is 24.3. The predicted molar refractivity (Wildman–Crippen MR) is 83.9 cm³/mol. The Labute approximate surface area is 126 Å². The van der Waals surface area contributed by atoms with Gasteiger partial charge in [-0.2, -0.15) is 0 Å². The Morgan fingerprint density at radius 1 is 1.24 bits per heavy atom. The molecule has 1 atom stereocenters. The number of amides is 1. The standard InChI is InChI=1S/C15H22N2O3S/c16-10-6-11-17(13-7-2-1-3-8-13)15(18)14-9-4-5-12-21(14,19)20/h1-3,7-8,14H,4-6,9-12,16H2. The molecular weight excluding hydrogens is 288 g/mol. The van der Waals surface area contributed by atoms with Crippen LogP contribution in [0, 0.1) is 0 Å². The minimum absolute atomic E-state index is 0.114. The van der Waals surface area contributed by atoms with Crippen molar-refractivity contribution < 1.29 is 13.2 Å². The van der Waals surface area contributed by atoms with E-state index in [0.29, 0.717) is 32.4 Å². The van der Waals surface area contributed by atoms with Gasteiger partial charge < -0.3 is 10.6 Å². The van der Waals surface area contributed by atoms with Gasteiger partial charge in [0.15, 0.2) is 9.84 Å². The second-order valence-electron chi connectivity index (χ2n) is 5.32. The summed E-state index contributed by atoms with van der Waals surface area (Å²) in [5.41, 5.74) is 6.26. The molecule has 1 aliphatic rings. The van der Waals surface area contributed by atoms with E-state index in [1.54, 1.807) is 4.90 Å². The molecule has 21 heavy (non-hydrogen) atoms. The molecule has 5 nitrogen and oxygen atoms in total. The zero-order valence-electron chi connectivity index (χ0n) is 12.1. The van der Waals surface area contributed by atoms with Crippen molar-refractivity contribution in [1.29, 1.82) is 0 Å². The van der Waals surface area contributed by atoms with Crippen molar-refractivity contribution in [3.8, 4) is 0 Å². The Morgan fingerprint density at radius 3 is 2.57 bits per heavy atom. The van der Waals surface area contributed by atoms with E-state index in [1.165, 1.54) is 0 Å². The van der Waals surface area contributed by atoms with Gasteiger partial charge >= 0.3 is 0 Å². The highest BCUT2D eigenvalue weighted by Gasteiger charge is 2.37. The average molecular weight is 310 g/mol. The fourth-order valence-corrected chi connectivity index (χ4v) is 4.48. The second-order valence-corrected chi connectivity index (χ2v) is 7.62. The first-order chi connectivity index (χ1) is 10.1. The fraction of sp³-hybridized carbons (Fsp3) is 0.533. The van der Waals surface area contributed by atoms with E-state index >= 15 is 0 Å². The lowest BCUT2D eigenvalue weighted by Crippen LogP contribution is -2.46. The van der Waals surface area contributed by atoms with E-state index < -0.39 is 15.1 Å². The van der Waals surface area contributed by atoms with E-state index in [-0.39, 0.29) is 11.7 Å². The number of nitrogens with two attached hydrogens (primary N) is 1. The molecule has 1 fully saturated rings. The van der Waals surface area contributed by atoms with Gasteiger partial charge in [-0.1, -0.05) is 24.6 Å². The summed E-state index contributed by atoms with van der Waals surface area (Å²) in [5, 5.41) is -0.899. The molecule has 0 spiro atoms. The first-order valence-electron chi connectivity index (χ1n) is 7.34. The Balaban J connectivity index is 2.26. The maximum absolute atomic E-state index is 12.7. The van der Waals surface area contributed by atoms with Gasteiger partial charge in [-0.05, 0) is 37.9 Å². The van der Waals surface area contributed by atoms with Crippen molar-refractivity contribution in [2.24, 2.45) is 5.73 Å². The van der Waals surface area contributed by atoms with E-state index in [2.05, 4.69) is 0 Å². The smallest absolute Gasteiger partial charge is 0.245 e. The molecule has 116 valence electrons. The molecule has 1 amide bonds. The number of hydrogen-bond donors (Lipinski definition) is 1. The van der Waals surface area contributed by atoms with E-state index in [4.69, 9.17) is 5.73 Å². The minimum atomic E-state index is -3.32. The highest BCUT2D eigenvalue weighted by molar-refractivity contribution is 7.92. The van der Waals surface area contributed by atoms with Crippen LogP contribution in [0.15, 0.2) is 30.3 Å². The van der Waals surface area contributed by atoms with Crippen LogP contribution in [-0.2, 0) is 14.6 Å². The number of anilines is 1. The van der Waals surface area contributed by atoms with Crippen LogP contribution in [0.4, 0.5) is 5.69 Å². The predicted octanol–water partition coefficient (Wildman–Crippen LogP) is 1.34. The largest absolute Gasteiger partial charge is 0.330 e. The number of carbonyl (C=O) groups is 1. The molecule has 1 saturated heterocycles. The molecule has 2 rings (SSSR count). The molecule has 1 aromatic carbocycles. The van der Waals surface area contributed by atoms with Crippen LogP contribution in [-0.4, -0.2) is 38.4 Å². The zero-order chi connectivity index (χ0) is 15.3. The summed E-state index contributed by atoms with van der Waals surface area (Å²) in [6.07, 6.45) is 2.51. The normalized spacial score (nSPS) is 20.9. The molecule has 0 aliphatic carbocycles. The average Bonchev–Trinajstić information content (AvgIpc) is 2.48. The van der Waals surface area contributed by atoms with Gasteiger partial charge in [0.25, 0.3) is 0 Å². The Hall–Kier alpha value is -1.40. The van der Waals surface area contributed by atoms with Crippen molar-refractivity contribution in [1.82, 2.24) is 0 Å². The monoisotopic (exact) mass is 310 g/mol. The second kappa shape index (κ2) is 7.04. The third kappa shape index (κ3) is 3.83. The number of para-hydroxylation sites is 1. The van der Waals surface area contributed by atoms with Gasteiger partial charge in [0, 0.05) is 12.2 Å². The fourth-order valence-electron chi connectivity index (χ4n) is 2.63. The molecule has 0 aromatic heterocycles. The molecule has 0 radical (unpaired) electrons. The van der Waals surface area contributed by atoms with Crippen molar-refractivity contribution in [3.05, 3.63) is 30.3 Å². The summed E-state index contributed by atoms with van der Waals surface area (Å²) >= 11 is 0. The topological polar surface area (TPSA) is 80.5 Å². The molecule has 1 aromatic rings. The van der Waals surface area contributed by atoms with E-state index in [9.17, 15) is 13.2 Å². The minimum Gasteiger partial charge on any atom is -0.330 e. The zero-order valence-corrected chi connectivity index (χ0v) is 12.9. The number of carbonyl (C=O) groups excluding carboxylic acids is 1. The van der Waals surface area contributed by atoms with Crippen LogP contribution in [0.5, 0.6) is 0 Å². The number of rotatable bonds is 5. The van der Waals surface area contributed by atoms with Gasteiger partial charge in [0.2, 0.25) is 5.91 Å².